The molecule has 0 aliphatic heterocycles. The van der Waals surface area contributed by atoms with Gasteiger partial charge in [0, 0.05) is 10.7 Å². The first-order valence-electron chi connectivity index (χ1n) is 10.1. The first-order chi connectivity index (χ1) is 16.4. The third-order valence-electron chi connectivity index (χ3n) is 5.12. The molecule has 5 rings (SSSR count). The standard InChI is InChI=1S/C24H17ClN6O3/c25-14-6-8-15(9-7-14)28-24(34)20-21-23(30-17-4-2-1-3-16(17)29-21)31(22(20)26)27-12-13-5-10-18(32)19(33)11-13/h1-12,32-33H,26H2,(H,28,34)/b27-12+. The number of nitrogens with zero attached hydrogens (tertiary/aromatic N) is 4. The second kappa shape index (κ2) is 8.38. The molecule has 10 heteroatoms. The summed E-state index contributed by atoms with van der Waals surface area (Å²) in [7, 11) is 0. The monoisotopic (exact) mass is 472 g/mol. The largest absolute Gasteiger partial charge is 0.504 e. The Kier molecular flexibility index (Phi) is 5.23. The van der Waals surface area contributed by atoms with E-state index in [0.717, 1.165) is 0 Å². The number of hydrogen-bond donors (Lipinski definition) is 4. The molecule has 0 bridgehead atoms. The molecule has 0 radical (unpaired) electrons. The van der Waals surface area contributed by atoms with Gasteiger partial charge in [0.25, 0.3) is 5.91 Å². The molecule has 0 saturated heterocycles. The molecule has 0 saturated carbocycles. The molecule has 0 spiro atoms. The van der Waals surface area contributed by atoms with Crippen LogP contribution in [0.1, 0.15) is 15.9 Å². The molecular formula is C24H17ClN6O3. The van der Waals surface area contributed by atoms with E-state index < -0.39 is 5.91 Å². The van der Waals surface area contributed by atoms with E-state index in [1.54, 1.807) is 42.5 Å². The summed E-state index contributed by atoms with van der Waals surface area (Å²) < 4.78 is 1.31. The summed E-state index contributed by atoms with van der Waals surface area (Å²) in [4.78, 5) is 22.5. The van der Waals surface area contributed by atoms with Gasteiger partial charge in [-0.25, -0.2) is 9.97 Å². The fourth-order valence-corrected chi connectivity index (χ4v) is 3.59. The summed E-state index contributed by atoms with van der Waals surface area (Å²) in [6.45, 7) is 0. The van der Waals surface area contributed by atoms with Gasteiger partial charge in [-0.05, 0) is 60.2 Å². The van der Waals surface area contributed by atoms with Gasteiger partial charge in [0.05, 0.1) is 17.2 Å². The van der Waals surface area contributed by atoms with E-state index in [2.05, 4.69) is 20.4 Å². The summed E-state index contributed by atoms with van der Waals surface area (Å²) in [5, 5.41) is 27.0. The topological polar surface area (TPSA) is 139 Å². The van der Waals surface area contributed by atoms with Crippen LogP contribution in [0.25, 0.3) is 22.2 Å². The van der Waals surface area contributed by atoms with E-state index in [-0.39, 0.29) is 34.0 Å². The first-order valence-corrected chi connectivity index (χ1v) is 10.5. The van der Waals surface area contributed by atoms with Crippen LogP contribution in [0.2, 0.25) is 5.02 Å². The summed E-state index contributed by atoms with van der Waals surface area (Å²) in [5.41, 5.74) is 9.30. The van der Waals surface area contributed by atoms with Gasteiger partial charge < -0.3 is 21.3 Å². The third kappa shape index (κ3) is 3.84. The van der Waals surface area contributed by atoms with E-state index in [0.29, 0.717) is 27.3 Å². The molecule has 0 fully saturated rings. The third-order valence-corrected chi connectivity index (χ3v) is 5.38. The molecule has 168 valence electrons. The number of nitrogens with two attached hydrogens (primary N) is 1. The lowest BCUT2D eigenvalue weighted by atomic mass is 10.2. The number of rotatable bonds is 4. The zero-order valence-corrected chi connectivity index (χ0v) is 18.2. The number of para-hydroxylation sites is 2. The fourth-order valence-electron chi connectivity index (χ4n) is 3.46. The van der Waals surface area contributed by atoms with E-state index in [1.165, 1.54) is 23.0 Å². The molecule has 9 nitrogen and oxygen atoms in total. The molecular weight excluding hydrogens is 456 g/mol. The number of hydrogen-bond acceptors (Lipinski definition) is 7. The number of amides is 1. The van der Waals surface area contributed by atoms with E-state index >= 15 is 0 Å². The highest BCUT2D eigenvalue weighted by molar-refractivity contribution is 6.30. The number of nitrogen functional groups attached to an aromatic ring is 1. The van der Waals surface area contributed by atoms with Crippen molar-refractivity contribution in [1.29, 1.82) is 0 Å². The number of benzene rings is 3. The van der Waals surface area contributed by atoms with Crippen molar-refractivity contribution in [2.45, 2.75) is 0 Å². The van der Waals surface area contributed by atoms with Crippen molar-refractivity contribution >= 4 is 57.4 Å². The predicted molar refractivity (Wildman–Crippen MR) is 132 cm³/mol. The van der Waals surface area contributed by atoms with Gasteiger partial charge in [-0.2, -0.15) is 9.78 Å². The van der Waals surface area contributed by atoms with Crippen molar-refractivity contribution in [2.24, 2.45) is 5.10 Å². The van der Waals surface area contributed by atoms with Gasteiger partial charge in [0.1, 0.15) is 16.9 Å². The molecule has 0 aliphatic carbocycles. The SMILES string of the molecule is Nc1c(C(=O)Nc2ccc(Cl)cc2)c2nc3ccccc3nc2n1/N=C/c1ccc(O)c(O)c1. The molecule has 2 aromatic heterocycles. The molecule has 2 heterocycles. The second-order valence-corrected chi connectivity index (χ2v) is 7.85. The second-order valence-electron chi connectivity index (χ2n) is 7.41. The van der Waals surface area contributed by atoms with Crippen LogP contribution in [0.15, 0.2) is 71.8 Å². The zero-order valence-electron chi connectivity index (χ0n) is 17.5. The number of aromatic nitrogens is 3. The lowest BCUT2D eigenvalue weighted by molar-refractivity contribution is 0.102. The van der Waals surface area contributed by atoms with Crippen LogP contribution in [-0.2, 0) is 0 Å². The van der Waals surface area contributed by atoms with Crippen LogP contribution in [-0.4, -0.2) is 37.0 Å². The first kappa shape index (κ1) is 21.2. The molecule has 3 aromatic carbocycles. The van der Waals surface area contributed by atoms with Crippen molar-refractivity contribution in [3.8, 4) is 11.5 Å². The maximum atomic E-state index is 13.2. The summed E-state index contributed by atoms with van der Waals surface area (Å²) in [6, 6.07) is 18.2. The Morgan fingerprint density at radius 3 is 2.41 bits per heavy atom. The van der Waals surface area contributed by atoms with E-state index in [4.69, 9.17) is 17.3 Å². The maximum Gasteiger partial charge on any atom is 0.261 e. The van der Waals surface area contributed by atoms with Crippen molar-refractivity contribution in [1.82, 2.24) is 14.6 Å². The summed E-state index contributed by atoms with van der Waals surface area (Å²) >= 11 is 5.93. The van der Waals surface area contributed by atoms with Gasteiger partial charge in [-0.15, -0.1) is 0 Å². The smallest absolute Gasteiger partial charge is 0.261 e. The Bertz CT molecular complexity index is 1590. The molecule has 5 N–H and O–H groups in total. The van der Waals surface area contributed by atoms with Crippen LogP contribution in [0.5, 0.6) is 11.5 Å². The summed E-state index contributed by atoms with van der Waals surface area (Å²) in [5.74, 6) is -0.980. The van der Waals surface area contributed by atoms with Crippen LogP contribution >= 0.6 is 11.6 Å². The fraction of sp³-hybridized carbons (Fsp3) is 0. The van der Waals surface area contributed by atoms with Crippen LogP contribution < -0.4 is 11.1 Å². The molecule has 1 amide bonds. The molecule has 34 heavy (non-hydrogen) atoms. The highest BCUT2D eigenvalue weighted by Gasteiger charge is 2.24. The number of anilines is 2. The lowest BCUT2D eigenvalue weighted by Crippen LogP contribution is -2.14. The van der Waals surface area contributed by atoms with Crippen molar-refractivity contribution in [3.05, 3.63) is 82.9 Å². The number of carbonyl (C=O) groups excluding carboxylic acids is 1. The highest BCUT2D eigenvalue weighted by Crippen LogP contribution is 2.29. The van der Waals surface area contributed by atoms with Gasteiger partial charge in [-0.1, -0.05) is 23.7 Å². The maximum absolute atomic E-state index is 13.2. The van der Waals surface area contributed by atoms with Crippen molar-refractivity contribution in [3.63, 3.8) is 0 Å². The molecule has 0 unspecified atom stereocenters. The molecule has 5 aromatic rings. The number of fused-ring (bicyclic) bond motifs is 2. The minimum Gasteiger partial charge on any atom is -0.504 e. The lowest BCUT2D eigenvalue weighted by Gasteiger charge is -2.05. The molecule has 0 aliphatic rings. The van der Waals surface area contributed by atoms with E-state index in [9.17, 15) is 15.0 Å². The highest BCUT2D eigenvalue weighted by atomic mass is 35.5. The van der Waals surface area contributed by atoms with E-state index in [1.807, 2.05) is 12.1 Å². The van der Waals surface area contributed by atoms with Gasteiger partial charge in [-0.3, -0.25) is 4.79 Å². The van der Waals surface area contributed by atoms with Gasteiger partial charge >= 0.3 is 0 Å². The average molecular weight is 473 g/mol. The van der Waals surface area contributed by atoms with Crippen molar-refractivity contribution in [2.75, 3.05) is 11.1 Å². The number of carbonyl (C=O) groups is 1. The Balaban J connectivity index is 1.65. The number of nitrogens with one attached hydrogen (secondary N) is 1. The minimum absolute atomic E-state index is 0.0380. The van der Waals surface area contributed by atoms with Gasteiger partial charge in [0.2, 0.25) is 0 Å². The van der Waals surface area contributed by atoms with Crippen LogP contribution in [0, 0.1) is 0 Å². The average Bonchev–Trinajstić information content (AvgIpc) is 3.10. The van der Waals surface area contributed by atoms with Gasteiger partial charge in [0.15, 0.2) is 17.1 Å². The van der Waals surface area contributed by atoms with Crippen LogP contribution in [0.4, 0.5) is 11.5 Å². The Morgan fingerprint density at radius 2 is 1.71 bits per heavy atom. The minimum atomic E-state index is -0.481. The Labute approximate surface area is 197 Å². The molecule has 0 atom stereocenters. The Morgan fingerprint density at radius 1 is 1.00 bits per heavy atom. The number of phenolic OH excluding ortho intramolecular Hbond substituents is 2. The normalized spacial score (nSPS) is 11.4. The number of halogens is 1. The predicted octanol–water partition coefficient (Wildman–Crippen LogP) is 4.37. The quantitative estimate of drug-likeness (QED) is 0.226. The number of phenols is 2. The zero-order chi connectivity index (χ0) is 23.8. The van der Waals surface area contributed by atoms with Crippen molar-refractivity contribution < 1.29 is 15.0 Å². The Hall–Kier alpha value is -4.63. The number of aromatic hydroxyl groups is 2. The summed E-state index contributed by atoms with van der Waals surface area (Å²) in [6.07, 6.45) is 1.42. The van der Waals surface area contributed by atoms with Crippen LogP contribution in [0.3, 0.4) is 0 Å².